The van der Waals surface area contributed by atoms with Gasteiger partial charge in [0.2, 0.25) is 0 Å². The molecule has 0 heterocycles. The Morgan fingerprint density at radius 3 is 2.00 bits per heavy atom. The molecule has 0 aromatic rings. The van der Waals surface area contributed by atoms with Crippen molar-refractivity contribution in [3.05, 3.63) is 24.5 Å². The van der Waals surface area contributed by atoms with Crippen molar-refractivity contribution in [1.29, 1.82) is 0 Å². The lowest BCUT2D eigenvalue weighted by Crippen LogP contribution is -1.85. The number of rotatable bonds is 2. The van der Waals surface area contributed by atoms with Crippen molar-refractivity contribution in [3.8, 4) is 0 Å². The zero-order valence-corrected chi connectivity index (χ0v) is 4.16. The van der Waals surface area contributed by atoms with Crippen LogP contribution < -0.4 is 0 Å². The number of allylic oxidation sites excluding steroid dienone is 1. The molecule has 8 heavy (non-hydrogen) atoms. The number of carbonyl (C=O) groups is 1. The van der Waals surface area contributed by atoms with Gasteiger partial charge in [0.05, 0.1) is 0 Å². The van der Waals surface area contributed by atoms with Crippen LogP contribution in [0.1, 0.15) is 0 Å². The minimum absolute atomic E-state index is 0.257. The molecule has 3 nitrogen and oxygen atoms in total. The van der Waals surface area contributed by atoms with Crippen molar-refractivity contribution < 1.29 is 15.0 Å². The number of carboxylic acids is 1. The Morgan fingerprint density at radius 1 is 1.38 bits per heavy atom. The van der Waals surface area contributed by atoms with Crippen LogP contribution >= 0.6 is 0 Å². The lowest BCUT2D eigenvalue weighted by molar-refractivity contribution is -0.131. The molecule has 0 aromatic carbocycles. The highest BCUT2D eigenvalue weighted by molar-refractivity contribution is 5.80. The highest BCUT2D eigenvalue weighted by Gasteiger charge is 1.83. The van der Waals surface area contributed by atoms with E-state index in [0.29, 0.717) is 0 Å². The Balaban J connectivity index is 3.67. The van der Waals surface area contributed by atoms with Crippen LogP contribution in [-0.4, -0.2) is 16.2 Å². The first-order valence-corrected chi connectivity index (χ1v) is 1.92. The van der Waals surface area contributed by atoms with Crippen LogP contribution in [0.5, 0.6) is 0 Å². The van der Waals surface area contributed by atoms with Crippen molar-refractivity contribution >= 4 is 5.97 Å². The van der Waals surface area contributed by atoms with E-state index in [9.17, 15) is 4.79 Å². The van der Waals surface area contributed by atoms with Gasteiger partial charge in [-0.3, -0.25) is 0 Å². The molecule has 0 saturated carbocycles. The number of carboxylic acid groups (broad SMARTS) is 1. The summed E-state index contributed by atoms with van der Waals surface area (Å²) < 4.78 is 0. The van der Waals surface area contributed by atoms with E-state index in [4.69, 9.17) is 10.2 Å². The third-order valence-corrected chi connectivity index (χ3v) is 0.418. The Kier molecular flexibility index (Phi) is 2.40. The van der Waals surface area contributed by atoms with Gasteiger partial charge in [0.1, 0.15) is 5.76 Å². The molecular formula is C5H6O3. The first-order chi connectivity index (χ1) is 3.63. The first kappa shape index (κ1) is 6.75. The summed E-state index contributed by atoms with van der Waals surface area (Å²) in [6.07, 6.45) is 1.81. The van der Waals surface area contributed by atoms with Gasteiger partial charge < -0.3 is 10.2 Å². The van der Waals surface area contributed by atoms with Gasteiger partial charge >= 0.3 is 5.97 Å². The van der Waals surface area contributed by atoms with Crippen LogP contribution in [0.25, 0.3) is 0 Å². The second kappa shape index (κ2) is 2.85. The fourth-order valence-corrected chi connectivity index (χ4v) is 0.167. The fourth-order valence-electron chi connectivity index (χ4n) is 0.167. The summed E-state index contributed by atoms with van der Waals surface area (Å²) in [5.41, 5.74) is 0. The molecular weight excluding hydrogens is 108 g/mol. The maximum absolute atomic E-state index is 9.66. The lowest BCUT2D eigenvalue weighted by atomic mass is 10.4. The smallest absolute Gasteiger partial charge is 0.328 e. The second-order valence-electron chi connectivity index (χ2n) is 1.16. The van der Waals surface area contributed by atoms with Gasteiger partial charge in [0, 0.05) is 6.08 Å². The molecule has 0 radical (unpaired) electrons. The van der Waals surface area contributed by atoms with E-state index in [0.717, 1.165) is 12.2 Å². The maximum atomic E-state index is 9.66. The summed E-state index contributed by atoms with van der Waals surface area (Å²) in [6, 6.07) is 0. The number of aliphatic carboxylic acids is 1. The number of hydrogen-bond donors (Lipinski definition) is 2. The van der Waals surface area contributed by atoms with Gasteiger partial charge in [-0.1, -0.05) is 6.58 Å². The van der Waals surface area contributed by atoms with E-state index < -0.39 is 5.97 Å². The largest absolute Gasteiger partial charge is 0.509 e. The zero-order chi connectivity index (χ0) is 6.57. The zero-order valence-electron chi connectivity index (χ0n) is 4.16. The highest BCUT2D eigenvalue weighted by Crippen LogP contribution is 1.82. The van der Waals surface area contributed by atoms with Gasteiger partial charge in [-0.2, -0.15) is 0 Å². The molecule has 0 bridgehead atoms. The van der Waals surface area contributed by atoms with Crippen molar-refractivity contribution in [2.75, 3.05) is 0 Å². The second-order valence-corrected chi connectivity index (χ2v) is 1.16. The molecule has 0 rings (SSSR count). The third kappa shape index (κ3) is 4.75. The van der Waals surface area contributed by atoms with Crippen LogP contribution in [-0.2, 0) is 4.79 Å². The highest BCUT2D eigenvalue weighted by atomic mass is 16.4. The van der Waals surface area contributed by atoms with E-state index in [1.807, 2.05) is 0 Å². The van der Waals surface area contributed by atoms with E-state index in [2.05, 4.69) is 6.58 Å². The molecule has 0 unspecified atom stereocenters. The van der Waals surface area contributed by atoms with Crippen LogP contribution in [0.2, 0.25) is 0 Å². The molecule has 44 valence electrons. The number of hydrogen-bond acceptors (Lipinski definition) is 2. The van der Waals surface area contributed by atoms with Gasteiger partial charge in [0.25, 0.3) is 0 Å². The molecule has 0 atom stereocenters. The monoisotopic (exact) mass is 114 g/mol. The van der Waals surface area contributed by atoms with Gasteiger partial charge in [-0.25, -0.2) is 4.79 Å². The Labute approximate surface area is 46.6 Å². The molecule has 0 aliphatic heterocycles. The number of aliphatic hydroxyl groups is 1. The Bertz CT molecular complexity index is 119. The summed E-state index contributed by atoms with van der Waals surface area (Å²) in [6.45, 7) is 3.03. The normalized spacial score (nSPS) is 9.50. The minimum Gasteiger partial charge on any atom is -0.509 e. The van der Waals surface area contributed by atoms with E-state index in [-0.39, 0.29) is 5.76 Å². The molecule has 0 fully saturated rings. The third-order valence-electron chi connectivity index (χ3n) is 0.418. The van der Waals surface area contributed by atoms with Crippen molar-refractivity contribution in [2.24, 2.45) is 0 Å². The standard InChI is InChI=1S/C5H6O3/c1-4(6)2-3-5(7)8/h2-3,6H,1H2,(H,7,8)/b3-2-. The van der Waals surface area contributed by atoms with Crippen molar-refractivity contribution in [1.82, 2.24) is 0 Å². The van der Waals surface area contributed by atoms with E-state index in [1.54, 1.807) is 0 Å². The summed E-state index contributed by atoms with van der Waals surface area (Å²) >= 11 is 0. The molecule has 0 spiro atoms. The molecule has 2 N–H and O–H groups in total. The van der Waals surface area contributed by atoms with E-state index >= 15 is 0 Å². The van der Waals surface area contributed by atoms with Gasteiger partial charge in [0.15, 0.2) is 0 Å². The number of aliphatic hydroxyl groups excluding tert-OH is 1. The minimum atomic E-state index is -1.10. The van der Waals surface area contributed by atoms with Crippen molar-refractivity contribution in [2.45, 2.75) is 0 Å². The predicted octanol–water partition coefficient (Wildman–Crippen LogP) is 0.699. The molecule has 0 amide bonds. The van der Waals surface area contributed by atoms with Crippen LogP contribution in [0.15, 0.2) is 24.5 Å². The maximum Gasteiger partial charge on any atom is 0.328 e. The molecule has 0 saturated heterocycles. The molecule has 3 heteroatoms. The van der Waals surface area contributed by atoms with Crippen LogP contribution in [0.3, 0.4) is 0 Å². The van der Waals surface area contributed by atoms with Gasteiger partial charge in [-0.15, -0.1) is 0 Å². The summed E-state index contributed by atoms with van der Waals surface area (Å²) in [5.74, 6) is -1.35. The lowest BCUT2D eigenvalue weighted by Gasteiger charge is -1.79. The van der Waals surface area contributed by atoms with Crippen LogP contribution in [0.4, 0.5) is 0 Å². The van der Waals surface area contributed by atoms with Gasteiger partial charge in [-0.05, 0) is 6.08 Å². The summed E-state index contributed by atoms with van der Waals surface area (Å²) in [7, 11) is 0. The molecule has 0 aromatic heterocycles. The average Bonchev–Trinajstić information content (AvgIpc) is 1.61. The first-order valence-electron chi connectivity index (χ1n) is 1.92. The van der Waals surface area contributed by atoms with Crippen LogP contribution in [0, 0.1) is 0 Å². The quantitative estimate of drug-likeness (QED) is 0.315. The fraction of sp³-hybridized carbons (Fsp3) is 0. The topological polar surface area (TPSA) is 57.5 Å². The summed E-state index contributed by atoms with van der Waals surface area (Å²) in [4.78, 5) is 9.66. The SMILES string of the molecule is C=C(O)/C=C\C(=O)O. The Morgan fingerprint density at radius 2 is 1.88 bits per heavy atom. The summed E-state index contributed by atoms with van der Waals surface area (Å²) in [5, 5.41) is 16.2. The molecule has 0 aliphatic rings. The predicted molar refractivity (Wildman–Crippen MR) is 28.5 cm³/mol. The average molecular weight is 114 g/mol. The van der Waals surface area contributed by atoms with E-state index in [1.165, 1.54) is 0 Å². The molecule has 0 aliphatic carbocycles. The Hall–Kier alpha value is -1.25. The van der Waals surface area contributed by atoms with Crippen molar-refractivity contribution in [3.63, 3.8) is 0 Å².